The lowest BCUT2D eigenvalue weighted by molar-refractivity contribution is -0.128. The fourth-order valence-electron chi connectivity index (χ4n) is 2.00. The number of nitrogens with zero attached hydrogens (tertiary/aromatic N) is 1. The monoisotopic (exact) mass is 427 g/mol. The molecule has 2 heterocycles. The molecule has 0 bridgehead atoms. The van der Waals surface area contributed by atoms with Gasteiger partial charge >= 0.3 is 0 Å². The van der Waals surface area contributed by atoms with Crippen molar-refractivity contribution in [3.63, 3.8) is 0 Å². The van der Waals surface area contributed by atoms with Gasteiger partial charge in [0.1, 0.15) is 11.8 Å². The predicted molar refractivity (Wildman–Crippen MR) is 97.1 cm³/mol. The summed E-state index contributed by atoms with van der Waals surface area (Å²) in [6.45, 7) is 1.69. The van der Waals surface area contributed by atoms with Crippen molar-refractivity contribution in [1.29, 1.82) is 0 Å². The van der Waals surface area contributed by atoms with Gasteiger partial charge < -0.3 is 20.0 Å². The summed E-state index contributed by atoms with van der Waals surface area (Å²) >= 11 is 4.59. The third-order valence-corrected chi connectivity index (χ3v) is 4.91. The number of likely N-dealkylation sites (N-methyl/N-ethyl adjacent to an activating group) is 1. The first-order chi connectivity index (χ1) is 11.9. The number of amides is 3. The molecule has 7 nitrogen and oxygen atoms in total. The Balaban J connectivity index is 1.78. The Kier molecular flexibility index (Phi) is 6.77. The standard InChI is InChI=1S/C16H18BrN3O4S/c1-10(15(22)18-8-11-4-3-7-24-11)19-14(21)9-20(2)16(23)12-5-6-13(17)25-12/h3-7,10H,8-9H2,1-2H3,(H,18,22)(H,19,21). The average molecular weight is 428 g/mol. The lowest BCUT2D eigenvalue weighted by Gasteiger charge is -2.18. The van der Waals surface area contributed by atoms with E-state index in [1.54, 1.807) is 31.2 Å². The Morgan fingerprint density at radius 2 is 2.08 bits per heavy atom. The lowest BCUT2D eigenvalue weighted by Crippen LogP contribution is -2.48. The number of hydrogen-bond acceptors (Lipinski definition) is 5. The van der Waals surface area contributed by atoms with Crippen molar-refractivity contribution >= 4 is 45.0 Å². The Hall–Kier alpha value is -2.13. The van der Waals surface area contributed by atoms with Gasteiger partial charge in [0.05, 0.1) is 28.0 Å². The van der Waals surface area contributed by atoms with E-state index in [9.17, 15) is 14.4 Å². The molecule has 2 N–H and O–H groups in total. The summed E-state index contributed by atoms with van der Waals surface area (Å²) in [6, 6.07) is 6.22. The summed E-state index contributed by atoms with van der Waals surface area (Å²) in [5.74, 6) is -0.367. The quantitative estimate of drug-likeness (QED) is 0.706. The Labute approximate surface area is 157 Å². The van der Waals surface area contributed by atoms with Crippen LogP contribution in [0.5, 0.6) is 0 Å². The summed E-state index contributed by atoms with van der Waals surface area (Å²) in [5, 5.41) is 5.23. The third kappa shape index (κ3) is 5.71. The van der Waals surface area contributed by atoms with Crippen molar-refractivity contribution in [3.05, 3.63) is 45.0 Å². The van der Waals surface area contributed by atoms with Crippen LogP contribution in [0.15, 0.2) is 38.7 Å². The number of rotatable bonds is 7. The maximum atomic E-state index is 12.2. The zero-order chi connectivity index (χ0) is 18.4. The molecule has 9 heteroatoms. The van der Waals surface area contributed by atoms with Crippen LogP contribution in [0.4, 0.5) is 0 Å². The number of nitrogens with one attached hydrogen (secondary N) is 2. The number of carbonyl (C=O) groups is 3. The molecule has 0 saturated carbocycles. The number of thiophene rings is 1. The van der Waals surface area contributed by atoms with Crippen LogP contribution in [0.3, 0.4) is 0 Å². The molecule has 0 fully saturated rings. The molecule has 1 unspecified atom stereocenters. The SMILES string of the molecule is CC(NC(=O)CN(C)C(=O)c1ccc(Br)s1)C(=O)NCc1ccco1. The van der Waals surface area contributed by atoms with Crippen LogP contribution in [0, 0.1) is 0 Å². The third-order valence-electron chi connectivity index (χ3n) is 3.30. The second kappa shape index (κ2) is 8.82. The highest BCUT2D eigenvalue weighted by Crippen LogP contribution is 2.22. The van der Waals surface area contributed by atoms with Gasteiger partial charge in [0.2, 0.25) is 11.8 Å². The molecule has 0 aliphatic heterocycles. The number of halogens is 1. The van der Waals surface area contributed by atoms with Crippen LogP contribution in [-0.4, -0.2) is 42.3 Å². The van der Waals surface area contributed by atoms with Crippen LogP contribution in [0.25, 0.3) is 0 Å². The van der Waals surface area contributed by atoms with Gasteiger partial charge in [-0.2, -0.15) is 0 Å². The Bertz CT molecular complexity index is 744. The minimum Gasteiger partial charge on any atom is -0.467 e. The molecule has 3 amide bonds. The van der Waals surface area contributed by atoms with Gasteiger partial charge in [0, 0.05) is 7.05 Å². The topological polar surface area (TPSA) is 91.7 Å². The van der Waals surface area contributed by atoms with Gasteiger partial charge in [-0.1, -0.05) is 0 Å². The molecule has 0 aromatic carbocycles. The minimum absolute atomic E-state index is 0.135. The van der Waals surface area contributed by atoms with Gasteiger partial charge in [-0.25, -0.2) is 0 Å². The summed E-state index contributed by atoms with van der Waals surface area (Å²) in [4.78, 5) is 38.0. The molecular weight excluding hydrogens is 410 g/mol. The molecule has 134 valence electrons. The average Bonchev–Trinajstić information content (AvgIpc) is 3.22. The van der Waals surface area contributed by atoms with Crippen molar-refractivity contribution in [1.82, 2.24) is 15.5 Å². The van der Waals surface area contributed by atoms with Gasteiger partial charge in [-0.05, 0) is 47.1 Å². The van der Waals surface area contributed by atoms with Crippen LogP contribution in [0.2, 0.25) is 0 Å². The van der Waals surface area contributed by atoms with E-state index in [0.717, 1.165) is 3.79 Å². The van der Waals surface area contributed by atoms with E-state index in [1.165, 1.54) is 29.5 Å². The van der Waals surface area contributed by atoms with E-state index in [2.05, 4.69) is 26.6 Å². The van der Waals surface area contributed by atoms with Gasteiger partial charge in [0.25, 0.3) is 5.91 Å². The molecule has 1 atom stereocenters. The van der Waals surface area contributed by atoms with E-state index in [0.29, 0.717) is 10.6 Å². The second-order valence-electron chi connectivity index (χ2n) is 5.35. The van der Waals surface area contributed by atoms with E-state index in [-0.39, 0.29) is 24.9 Å². The summed E-state index contributed by atoms with van der Waals surface area (Å²) in [7, 11) is 1.54. The molecule has 0 aliphatic rings. The Morgan fingerprint density at radius 1 is 1.32 bits per heavy atom. The van der Waals surface area contributed by atoms with Gasteiger partial charge in [-0.15, -0.1) is 11.3 Å². The molecular formula is C16H18BrN3O4S. The first kappa shape index (κ1) is 19.2. The van der Waals surface area contributed by atoms with Crippen LogP contribution < -0.4 is 10.6 Å². The minimum atomic E-state index is -0.721. The maximum Gasteiger partial charge on any atom is 0.264 e. The van der Waals surface area contributed by atoms with Crippen molar-refractivity contribution in [3.8, 4) is 0 Å². The highest BCUT2D eigenvalue weighted by molar-refractivity contribution is 9.11. The predicted octanol–water partition coefficient (Wildman–Crippen LogP) is 2.00. The first-order valence-electron chi connectivity index (χ1n) is 7.47. The van der Waals surface area contributed by atoms with E-state index < -0.39 is 11.9 Å². The smallest absolute Gasteiger partial charge is 0.264 e. The fourth-order valence-corrected chi connectivity index (χ4v) is 3.38. The number of furan rings is 1. The zero-order valence-corrected chi connectivity index (χ0v) is 16.1. The first-order valence-corrected chi connectivity index (χ1v) is 9.08. The molecule has 2 aromatic rings. The van der Waals surface area contributed by atoms with Crippen LogP contribution in [0.1, 0.15) is 22.4 Å². The molecule has 0 spiro atoms. The van der Waals surface area contributed by atoms with E-state index >= 15 is 0 Å². The lowest BCUT2D eigenvalue weighted by atomic mass is 10.3. The number of hydrogen-bond donors (Lipinski definition) is 2. The molecule has 0 radical (unpaired) electrons. The number of carbonyl (C=O) groups excluding carboxylic acids is 3. The molecule has 2 aromatic heterocycles. The molecule has 25 heavy (non-hydrogen) atoms. The van der Waals surface area contributed by atoms with Crippen molar-refractivity contribution in [2.45, 2.75) is 19.5 Å². The summed E-state index contributed by atoms with van der Waals surface area (Å²) in [6.07, 6.45) is 1.52. The largest absolute Gasteiger partial charge is 0.467 e. The summed E-state index contributed by atoms with van der Waals surface area (Å²) < 4.78 is 5.96. The van der Waals surface area contributed by atoms with E-state index in [1.807, 2.05) is 0 Å². The zero-order valence-electron chi connectivity index (χ0n) is 13.7. The second-order valence-corrected chi connectivity index (χ2v) is 7.81. The fraction of sp³-hybridized carbons (Fsp3) is 0.312. The normalized spacial score (nSPS) is 11.6. The molecule has 0 aliphatic carbocycles. The van der Waals surface area contributed by atoms with Crippen molar-refractivity contribution in [2.75, 3.05) is 13.6 Å². The highest BCUT2D eigenvalue weighted by Gasteiger charge is 2.20. The van der Waals surface area contributed by atoms with Crippen molar-refractivity contribution in [2.24, 2.45) is 0 Å². The highest BCUT2D eigenvalue weighted by atomic mass is 79.9. The van der Waals surface area contributed by atoms with Gasteiger partial charge in [-0.3, -0.25) is 14.4 Å². The van der Waals surface area contributed by atoms with Crippen LogP contribution in [-0.2, 0) is 16.1 Å². The van der Waals surface area contributed by atoms with Gasteiger partial charge in [0.15, 0.2) is 0 Å². The Morgan fingerprint density at radius 3 is 2.68 bits per heavy atom. The van der Waals surface area contributed by atoms with E-state index in [4.69, 9.17) is 4.42 Å². The molecule has 2 rings (SSSR count). The van der Waals surface area contributed by atoms with Crippen LogP contribution >= 0.6 is 27.3 Å². The molecule has 0 saturated heterocycles. The van der Waals surface area contributed by atoms with Crippen molar-refractivity contribution < 1.29 is 18.8 Å². The summed E-state index contributed by atoms with van der Waals surface area (Å²) in [5.41, 5.74) is 0. The maximum absolute atomic E-state index is 12.2.